The third kappa shape index (κ3) is 7.57. The molecule has 0 aliphatic carbocycles. The Morgan fingerprint density at radius 3 is 1.90 bits per heavy atom. The zero-order valence-electron chi connectivity index (χ0n) is 13.5. The van der Waals surface area contributed by atoms with Crippen LogP contribution in [0.5, 0.6) is 5.75 Å². The van der Waals surface area contributed by atoms with Gasteiger partial charge in [-0.05, 0) is 37.0 Å². The fourth-order valence-electron chi connectivity index (χ4n) is 2.69. The third-order valence-electron chi connectivity index (χ3n) is 4.04. The molecule has 0 bridgehead atoms. The lowest BCUT2D eigenvalue weighted by atomic mass is 10.0. The van der Waals surface area contributed by atoms with Gasteiger partial charge in [-0.15, -0.1) is 0 Å². The number of aromatic hydroxyl groups is 1. The van der Waals surface area contributed by atoms with Crippen LogP contribution in [0.2, 0.25) is 0 Å². The molecule has 0 saturated heterocycles. The monoisotopic (exact) mass is 276 g/mol. The summed E-state index contributed by atoms with van der Waals surface area (Å²) >= 11 is 0. The summed E-state index contributed by atoms with van der Waals surface area (Å²) in [7, 11) is 0. The lowest BCUT2D eigenvalue weighted by Crippen LogP contribution is -1.88. The smallest absolute Gasteiger partial charge is 0.119 e. The van der Waals surface area contributed by atoms with Gasteiger partial charge in [-0.3, -0.25) is 0 Å². The van der Waals surface area contributed by atoms with Gasteiger partial charge >= 0.3 is 0 Å². The third-order valence-corrected chi connectivity index (χ3v) is 4.04. The molecule has 0 aliphatic heterocycles. The van der Waals surface area contributed by atoms with E-state index in [-0.39, 0.29) is 0 Å². The Labute approximate surface area is 125 Å². The number of aryl methyl sites for hydroxylation is 2. The van der Waals surface area contributed by atoms with Gasteiger partial charge in [0.25, 0.3) is 0 Å². The quantitative estimate of drug-likeness (QED) is 0.479. The molecule has 0 aromatic heterocycles. The van der Waals surface area contributed by atoms with E-state index < -0.39 is 0 Å². The van der Waals surface area contributed by atoms with E-state index in [2.05, 4.69) is 19.1 Å². The number of hydrogen-bond donors (Lipinski definition) is 1. The summed E-state index contributed by atoms with van der Waals surface area (Å²) in [6, 6.07) is 6.02. The molecule has 0 spiro atoms. The Morgan fingerprint density at radius 2 is 1.35 bits per heavy atom. The maximum Gasteiger partial charge on any atom is 0.119 e. The van der Waals surface area contributed by atoms with E-state index in [1.54, 1.807) is 0 Å². The Balaban J connectivity index is 1.97. The van der Waals surface area contributed by atoms with Crippen molar-refractivity contribution in [3.63, 3.8) is 0 Å². The minimum Gasteiger partial charge on any atom is -0.508 e. The second kappa shape index (κ2) is 10.8. The van der Waals surface area contributed by atoms with Crippen molar-refractivity contribution in [2.75, 3.05) is 0 Å². The molecule has 0 aliphatic rings. The minimum absolute atomic E-state index is 0.473. The molecule has 0 amide bonds. The molecule has 1 N–H and O–H groups in total. The van der Waals surface area contributed by atoms with E-state index in [9.17, 15) is 5.11 Å². The first kappa shape index (κ1) is 17.1. The summed E-state index contributed by atoms with van der Waals surface area (Å²) in [5, 5.41) is 9.83. The molecule has 0 atom stereocenters. The Kier molecular flexibility index (Phi) is 9.19. The van der Waals surface area contributed by atoms with Crippen LogP contribution in [0.25, 0.3) is 0 Å². The molecule has 1 rings (SSSR count). The average Bonchev–Trinajstić information content (AvgIpc) is 2.43. The predicted octanol–water partition coefficient (Wildman–Crippen LogP) is 6.16. The Bertz CT molecular complexity index is 357. The van der Waals surface area contributed by atoms with Gasteiger partial charge in [0.05, 0.1) is 0 Å². The fraction of sp³-hybridized carbons (Fsp3) is 0.684. The van der Waals surface area contributed by atoms with Crippen LogP contribution in [0.3, 0.4) is 0 Å². The van der Waals surface area contributed by atoms with Crippen LogP contribution in [-0.4, -0.2) is 5.11 Å². The van der Waals surface area contributed by atoms with Crippen LogP contribution >= 0.6 is 0 Å². The van der Waals surface area contributed by atoms with Crippen LogP contribution in [0, 0.1) is 6.92 Å². The summed E-state index contributed by atoms with van der Waals surface area (Å²) in [4.78, 5) is 0. The van der Waals surface area contributed by atoms with Crippen LogP contribution in [0.4, 0.5) is 0 Å². The molecule has 1 aromatic carbocycles. The molecule has 0 saturated carbocycles. The van der Waals surface area contributed by atoms with Crippen molar-refractivity contribution < 1.29 is 5.11 Å². The molecular formula is C19H32O. The number of phenolic OH excluding ortho intramolecular Hbond substituents is 1. The zero-order chi connectivity index (χ0) is 14.6. The van der Waals surface area contributed by atoms with E-state index in [0.29, 0.717) is 5.75 Å². The van der Waals surface area contributed by atoms with Crippen LogP contribution in [0.15, 0.2) is 18.2 Å². The highest BCUT2D eigenvalue weighted by molar-refractivity contribution is 5.35. The van der Waals surface area contributed by atoms with Gasteiger partial charge in [-0.2, -0.15) is 0 Å². The highest BCUT2D eigenvalue weighted by Crippen LogP contribution is 2.21. The standard InChI is InChI=1S/C19H32O/c1-3-4-5-6-7-8-9-10-11-12-13-18-15-14-17(2)16-19(18)20/h14-16,20H,3-13H2,1-2H3. The molecule has 1 nitrogen and oxygen atoms in total. The molecule has 1 heteroatoms. The molecule has 1 aromatic rings. The van der Waals surface area contributed by atoms with Crippen molar-refractivity contribution in [2.24, 2.45) is 0 Å². The van der Waals surface area contributed by atoms with E-state index in [1.165, 1.54) is 64.2 Å². The summed E-state index contributed by atoms with van der Waals surface area (Å²) in [5.74, 6) is 0.473. The SMILES string of the molecule is CCCCCCCCCCCCc1ccc(C)cc1O. The minimum atomic E-state index is 0.473. The first-order valence-corrected chi connectivity index (χ1v) is 8.52. The molecule has 0 radical (unpaired) electrons. The fourth-order valence-corrected chi connectivity index (χ4v) is 2.69. The summed E-state index contributed by atoms with van der Waals surface area (Å²) < 4.78 is 0. The second-order valence-corrected chi connectivity index (χ2v) is 6.06. The van der Waals surface area contributed by atoms with E-state index >= 15 is 0 Å². The molecule has 0 unspecified atom stereocenters. The first-order chi connectivity index (χ1) is 9.74. The topological polar surface area (TPSA) is 20.2 Å². The van der Waals surface area contributed by atoms with Gasteiger partial charge in [-0.1, -0.05) is 76.8 Å². The van der Waals surface area contributed by atoms with Gasteiger partial charge in [-0.25, -0.2) is 0 Å². The van der Waals surface area contributed by atoms with Crippen molar-refractivity contribution in [1.29, 1.82) is 0 Å². The normalized spacial score (nSPS) is 10.9. The second-order valence-electron chi connectivity index (χ2n) is 6.06. The average molecular weight is 276 g/mol. The van der Waals surface area contributed by atoms with Crippen molar-refractivity contribution >= 4 is 0 Å². The Morgan fingerprint density at radius 1 is 0.800 bits per heavy atom. The molecule has 0 fully saturated rings. The molecule has 114 valence electrons. The number of benzene rings is 1. The van der Waals surface area contributed by atoms with Crippen LogP contribution in [-0.2, 0) is 6.42 Å². The summed E-state index contributed by atoms with van der Waals surface area (Å²) in [6.07, 6.45) is 14.6. The highest BCUT2D eigenvalue weighted by atomic mass is 16.3. The first-order valence-electron chi connectivity index (χ1n) is 8.52. The van der Waals surface area contributed by atoms with Crippen molar-refractivity contribution in [3.05, 3.63) is 29.3 Å². The van der Waals surface area contributed by atoms with Gasteiger partial charge in [0, 0.05) is 0 Å². The molecule has 20 heavy (non-hydrogen) atoms. The van der Waals surface area contributed by atoms with Crippen molar-refractivity contribution in [2.45, 2.75) is 84.5 Å². The summed E-state index contributed by atoms with van der Waals surface area (Å²) in [5.41, 5.74) is 2.24. The number of rotatable bonds is 11. The van der Waals surface area contributed by atoms with Gasteiger partial charge in [0.1, 0.15) is 5.75 Å². The van der Waals surface area contributed by atoms with Gasteiger partial charge in [0.2, 0.25) is 0 Å². The van der Waals surface area contributed by atoms with Crippen LogP contribution in [0.1, 0.15) is 82.3 Å². The van der Waals surface area contributed by atoms with E-state index in [4.69, 9.17) is 0 Å². The van der Waals surface area contributed by atoms with E-state index in [1.807, 2.05) is 13.0 Å². The molecule has 0 heterocycles. The van der Waals surface area contributed by atoms with Gasteiger partial charge in [0.15, 0.2) is 0 Å². The van der Waals surface area contributed by atoms with E-state index in [0.717, 1.165) is 17.5 Å². The van der Waals surface area contributed by atoms with Crippen LogP contribution < -0.4 is 0 Å². The molecular weight excluding hydrogens is 244 g/mol. The van der Waals surface area contributed by atoms with Crippen molar-refractivity contribution in [3.8, 4) is 5.75 Å². The lowest BCUT2D eigenvalue weighted by molar-refractivity contribution is 0.465. The highest BCUT2D eigenvalue weighted by Gasteiger charge is 2.01. The number of hydrogen-bond acceptors (Lipinski definition) is 1. The Hall–Kier alpha value is -0.980. The summed E-state index contributed by atoms with van der Waals surface area (Å²) in [6.45, 7) is 4.29. The maximum absolute atomic E-state index is 9.83. The number of phenols is 1. The maximum atomic E-state index is 9.83. The lowest BCUT2D eigenvalue weighted by Gasteiger charge is -2.06. The van der Waals surface area contributed by atoms with Gasteiger partial charge < -0.3 is 5.11 Å². The predicted molar refractivity (Wildman–Crippen MR) is 88.4 cm³/mol. The largest absolute Gasteiger partial charge is 0.508 e. The zero-order valence-corrected chi connectivity index (χ0v) is 13.5. The van der Waals surface area contributed by atoms with Crippen molar-refractivity contribution in [1.82, 2.24) is 0 Å². The number of unbranched alkanes of at least 4 members (excludes halogenated alkanes) is 9.